The molecule has 0 radical (unpaired) electrons. The number of rotatable bonds is 4. The molecule has 4 rings (SSSR count). The lowest BCUT2D eigenvalue weighted by molar-refractivity contribution is 0.0699. The van der Waals surface area contributed by atoms with Gasteiger partial charge in [-0.1, -0.05) is 54.6 Å². The minimum absolute atomic E-state index is 0.253. The Morgan fingerprint density at radius 1 is 0.929 bits per heavy atom. The van der Waals surface area contributed by atoms with Crippen LogP contribution in [0.5, 0.6) is 5.75 Å². The summed E-state index contributed by atoms with van der Waals surface area (Å²) in [5.41, 5.74) is 4.59. The Bertz CT molecular complexity index is 1170. The van der Waals surface area contributed by atoms with Crippen molar-refractivity contribution in [2.75, 3.05) is 7.11 Å². The summed E-state index contributed by atoms with van der Waals surface area (Å²) in [5, 5.41) is 11.1. The van der Waals surface area contributed by atoms with Crippen LogP contribution in [0, 0.1) is 0 Å². The maximum Gasteiger partial charge on any atom is 0.336 e. The number of hydrogen-bond donors (Lipinski definition) is 1. The molecule has 5 heteroatoms. The van der Waals surface area contributed by atoms with Crippen molar-refractivity contribution >= 4 is 31.4 Å². The molecule has 0 bridgehead atoms. The fourth-order valence-corrected chi connectivity index (χ4v) is 3.54. The van der Waals surface area contributed by atoms with Gasteiger partial charge in [-0.3, -0.25) is 0 Å². The van der Waals surface area contributed by atoms with E-state index in [-0.39, 0.29) is 5.56 Å². The Balaban J connectivity index is 1.77. The topological polar surface area (TPSA) is 59.4 Å². The van der Waals surface area contributed by atoms with E-state index in [1.807, 2.05) is 60.7 Å². The lowest BCUT2D eigenvalue weighted by Gasteiger charge is -2.10. The summed E-state index contributed by atoms with van der Waals surface area (Å²) in [6.45, 7) is 0. The zero-order chi connectivity index (χ0) is 19.7. The average Bonchev–Trinajstić information content (AvgIpc) is 2.73. The molecule has 0 saturated heterocycles. The molecule has 4 aromatic rings. The van der Waals surface area contributed by atoms with Gasteiger partial charge in [0.1, 0.15) is 5.75 Å². The number of nitrogens with zero attached hydrogens (tertiary/aromatic N) is 1. The SMILES string of the molecule is COc1ccc(-c2ccc(-c3cc(C(=O)O)c4cccc(P)c4n3)cc2)cc1. The zero-order valence-electron chi connectivity index (χ0n) is 15.2. The number of hydrogen-bond acceptors (Lipinski definition) is 3. The summed E-state index contributed by atoms with van der Waals surface area (Å²) in [5.74, 6) is -0.144. The van der Waals surface area contributed by atoms with E-state index < -0.39 is 5.97 Å². The van der Waals surface area contributed by atoms with Gasteiger partial charge < -0.3 is 9.84 Å². The number of carboxylic acid groups (broad SMARTS) is 1. The number of fused-ring (bicyclic) bond motifs is 1. The van der Waals surface area contributed by atoms with Gasteiger partial charge in [-0.15, -0.1) is 9.24 Å². The molecule has 0 aliphatic heterocycles. The molecular formula is C23H18NO3P. The number of aromatic nitrogens is 1. The Hall–Kier alpha value is -3.23. The molecule has 4 nitrogen and oxygen atoms in total. The molecule has 138 valence electrons. The number of pyridine rings is 1. The molecule has 0 spiro atoms. The van der Waals surface area contributed by atoms with Crippen LogP contribution in [0.25, 0.3) is 33.3 Å². The Morgan fingerprint density at radius 2 is 1.54 bits per heavy atom. The minimum Gasteiger partial charge on any atom is -0.497 e. The van der Waals surface area contributed by atoms with E-state index >= 15 is 0 Å². The van der Waals surface area contributed by atoms with Crippen molar-refractivity contribution in [3.05, 3.63) is 78.4 Å². The molecule has 0 fully saturated rings. The Kier molecular flexibility index (Phi) is 4.81. The zero-order valence-corrected chi connectivity index (χ0v) is 16.4. The molecule has 0 aliphatic carbocycles. The molecule has 1 heterocycles. The molecule has 1 N–H and O–H groups in total. The van der Waals surface area contributed by atoms with Crippen molar-refractivity contribution in [3.8, 4) is 28.1 Å². The number of carboxylic acids is 1. The summed E-state index contributed by atoms with van der Waals surface area (Å²) in [4.78, 5) is 16.5. The van der Waals surface area contributed by atoms with E-state index in [1.165, 1.54) is 0 Å². The molecule has 3 aromatic carbocycles. The van der Waals surface area contributed by atoms with Gasteiger partial charge in [0, 0.05) is 10.9 Å². The number of para-hydroxylation sites is 1. The van der Waals surface area contributed by atoms with Crippen LogP contribution in [-0.2, 0) is 0 Å². The van der Waals surface area contributed by atoms with Crippen molar-refractivity contribution in [1.29, 1.82) is 0 Å². The average molecular weight is 387 g/mol. The monoisotopic (exact) mass is 387 g/mol. The molecule has 0 amide bonds. The lowest BCUT2D eigenvalue weighted by atomic mass is 10.0. The largest absolute Gasteiger partial charge is 0.497 e. The number of aromatic carboxylic acids is 1. The highest BCUT2D eigenvalue weighted by molar-refractivity contribution is 7.28. The molecule has 0 saturated carbocycles. The van der Waals surface area contributed by atoms with Gasteiger partial charge >= 0.3 is 5.97 Å². The van der Waals surface area contributed by atoms with Gasteiger partial charge in [-0.05, 0) is 34.6 Å². The first-order chi connectivity index (χ1) is 13.6. The van der Waals surface area contributed by atoms with Crippen molar-refractivity contribution in [2.24, 2.45) is 0 Å². The second-order valence-corrected chi connectivity index (χ2v) is 7.03. The first-order valence-corrected chi connectivity index (χ1v) is 9.32. The van der Waals surface area contributed by atoms with Gasteiger partial charge in [0.2, 0.25) is 0 Å². The quantitative estimate of drug-likeness (QED) is 0.512. The minimum atomic E-state index is -0.959. The molecule has 28 heavy (non-hydrogen) atoms. The number of benzene rings is 3. The van der Waals surface area contributed by atoms with Crippen LogP contribution in [0.2, 0.25) is 0 Å². The van der Waals surface area contributed by atoms with Gasteiger partial charge in [0.15, 0.2) is 0 Å². The standard InChI is InChI=1S/C23H18NO3P/c1-27-17-11-9-15(10-12-17)14-5-7-16(8-6-14)20-13-19(23(25)26)18-3-2-4-21(28)22(18)24-20/h2-13H,28H2,1H3,(H,25,26). The third kappa shape index (κ3) is 3.35. The Morgan fingerprint density at radius 3 is 2.14 bits per heavy atom. The van der Waals surface area contributed by atoms with Crippen molar-refractivity contribution < 1.29 is 14.6 Å². The van der Waals surface area contributed by atoms with Gasteiger partial charge in [0.25, 0.3) is 0 Å². The molecular weight excluding hydrogens is 369 g/mol. The van der Waals surface area contributed by atoms with E-state index in [9.17, 15) is 9.90 Å². The summed E-state index contributed by atoms with van der Waals surface area (Å²) in [6, 6.07) is 23.0. The predicted molar refractivity (Wildman–Crippen MR) is 115 cm³/mol. The normalized spacial score (nSPS) is 10.8. The van der Waals surface area contributed by atoms with Crippen LogP contribution in [0.1, 0.15) is 10.4 Å². The Labute approximate surface area is 165 Å². The second kappa shape index (κ2) is 7.41. The van der Waals surface area contributed by atoms with E-state index in [2.05, 4.69) is 9.24 Å². The third-order valence-electron chi connectivity index (χ3n) is 4.71. The van der Waals surface area contributed by atoms with Crippen LogP contribution >= 0.6 is 9.24 Å². The first kappa shape index (κ1) is 18.1. The summed E-state index contributed by atoms with van der Waals surface area (Å²) < 4.78 is 5.20. The number of carbonyl (C=O) groups is 1. The molecule has 1 unspecified atom stereocenters. The van der Waals surface area contributed by atoms with E-state index in [0.717, 1.165) is 27.7 Å². The van der Waals surface area contributed by atoms with Crippen LogP contribution < -0.4 is 10.0 Å². The molecule has 1 aromatic heterocycles. The number of ether oxygens (including phenoxy) is 1. The van der Waals surface area contributed by atoms with Crippen LogP contribution in [0.15, 0.2) is 72.8 Å². The molecule has 1 atom stereocenters. The highest BCUT2D eigenvalue weighted by Gasteiger charge is 2.14. The van der Waals surface area contributed by atoms with Crippen LogP contribution in [0.4, 0.5) is 0 Å². The second-order valence-electron chi connectivity index (χ2n) is 6.41. The van der Waals surface area contributed by atoms with E-state index in [1.54, 1.807) is 19.2 Å². The summed E-state index contributed by atoms with van der Waals surface area (Å²) >= 11 is 0. The third-order valence-corrected chi connectivity index (χ3v) is 5.17. The first-order valence-electron chi connectivity index (χ1n) is 8.74. The smallest absolute Gasteiger partial charge is 0.336 e. The van der Waals surface area contributed by atoms with E-state index in [0.29, 0.717) is 16.6 Å². The van der Waals surface area contributed by atoms with Crippen molar-refractivity contribution in [2.45, 2.75) is 0 Å². The van der Waals surface area contributed by atoms with E-state index in [4.69, 9.17) is 9.72 Å². The molecule has 0 aliphatic rings. The summed E-state index contributed by atoms with van der Waals surface area (Å²) in [7, 11) is 4.27. The maximum absolute atomic E-state index is 11.8. The number of methoxy groups -OCH3 is 1. The maximum atomic E-state index is 11.8. The highest BCUT2D eigenvalue weighted by Crippen LogP contribution is 2.28. The summed E-state index contributed by atoms with van der Waals surface area (Å²) in [6.07, 6.45) is 0. The van der Waals surface area contributed by atoms with Gasteiger partial charge in [-0.25, -0.2) is 9.78 Å². The van der Waals surface area contributed by atoms with Crippen LogP contribution in [0.3, 0.4) is 0 Å². The fraction of sp³-hybridized carbons (Fsp3) is 0.0435. The highest BCUT2D eigenvalue weighted by atomic mass is 31.0. The fourth-order valence-electron chi connectivity index (χ4n) is 3.21. The van der Waals surface area contributed by atoms with Gasteiger partial charge in [-0.2, -0.15) is 0 Å². The lowest BCUT2D eigenvalue weighted by Crippen LogP contribution is -2.04. The predicted octanol–water partition coefficient (Wildman–Crippen LogP) is 4.78. The van der Waals surface area contributed by atoms with Crippen LogP contribution in [-0.4, -0.2) is 23.2 Å². The van der Waals surface area contributed by atoms with Crippen molar-refractivity contribution in [1.82, 2.24) is 4.98 Å². The van der Waals surface area contributed by atoms with Crippen molar-refractivity contribution in [3.63, 3.8) is 0 Å². The van der Waals surface area contributed by atoms with Gasteiger partial charge in [0.05, 0.1) is 23.9 Å².